The average molecular weight is 293 g/mol. The van der Waals surface area contributed by atoms with E-state index < -0.39 is 10.8 Å². The van der Waals surface area contributed by atoms with Crippen molar-refractivity contribution in [2.45, 2.75) is 13.0 Å². The van der Waals surface area contributed by atoms with Gasteiger partial charge in [-0.2, -0.15) is 0 Å². The largest absolute Gasteiger partial charge is 0.384 e. The Bertz CT molecular complexity index is 644. The van der Waals surface area contributed by atoms with E-state index in [1.807, 2.05) is 0 Å². The first-order valence-corrected chi connectivity index (χ1v) is 6.47. The van der Waals surface area contributed by atoms with Gasteiger partial charge >= 0.3 is 0 Å². The molecule has 0 radical (unpaired) electrons. The molecule has 2 rings (SSSR count). The normalized spacial score (nSPS) is 11.8. The van der Waals surface area contributed by atoms with Crippen molar-refractivity contribution in [3.05, 3.63) is 44.5 Å². The van der Waals surface area contributed by atoms with Crippen molar-refractivity contribution in [2.24, 2.45) is 0 Å². The standard InChI is InChI=1S/C11H11N5O3S/c1-6(11-13-2-3-20-11)15-10(17)7-4-9(12)14-5-8(7)16(18)19/h2-6H,1H3,(H2,12,14)(H,15,17). The first-order valence-electron chi connectivity index (χ1n) is 5.59. The summed E-state index contributed by atoms with van der Waals surface area (Å²) in [4.78, 5) is 30.0. The smallest absolute Gasteiger partial charge is 0.300 e. The van der Waals surface area contributed by atoms with E-state index in [2.05, 4.69) is 15.3 Å². The number of aromatic nitrogens is 2. The fraction of sp³-hybridized carbons (Fsp3) is 0.182. The van der Waals surface area contributed by atoms with Crippen LogP contribution >= 0.6 is 11.3 Å². The third-order valence-electron chi connectivity index (χ3n) is 2.51. The molecule has 0 aliphatic rings. The first kappa shape index (κ1) is 13.9. The highest BCUT2D eigenvalue weighted by Gasteiger charge is 2.23. The summed E-state index contributed by atoms with van der Waals surface area (Å²) in [5.41, 5.74) is 4.96. The van der Waals surface area contributed by atoms with E-state index in [0.29, 0.717) is 5.01 Å². The van der Waals surface area contributed by atoms with Gasteiger partial charge in [0.2, 0.25) is 0 Å². The Morgan fingerprint density at radius 3 is 2.90 bits per heavy atom. The summed E-state index contributed by atoms with van der Waals surface area (Å²) in [6, 6.07) is 0.832. The van der Waals surface area contributed by atoms with Crippen LogP contribution in [0.2, 0.25) is 0 Å². The molecule has 0 aromatic carbocycles. The Morgan fingerprint density at radius 2 is 2.30 bits per heavy atom. The molecule has 1 unspecified atom stereocenters. The van der Waals surface area contributed by atoms with Crippen LogP contribution in [0.1, 0.15) is 28.3 Å². The van der Waals surface area contributed by atoms with Crippen LogP contribution in [0, 0.1) is 10.1 Å². The molecule has 8 nitrogen and oxygen atoms in total. The van der Waals surface area contributed by atoms with Crippen molar-refractivity contribution < 1.29 is 9.72 Å². The number of nitrogen functional groups attached to an aromatic ring is 1. The molecule has 0 saturated carbocycles. The average Bonchev–Trinajstić information content (AvgIpc) is 2.92. The van der Waals surface area contributed by atoms with Crippen molar-refractivity contribution in [1.82, 2.24) is 15.3 Å². The molecule has 0 fully saturated rings. The minimum Gasteiger partial charge on any atom is -0.384 e. The lowest BCUT2D eigenvalue weighted by atomic mass is 10.2. The molecule has 2 aromatic rings. The molecule has 0 aliphatic heterocycles. The Kier molecular flexibility index (Phi) is 3.89. The number of thiazole rings is 1. The number of amides is 1. The van der Waals surface area contributed by atoms with E-state index in [1.165, 1.54) is 17.4 Å². The van der Waals surface area contributed by atoms with Crippen LogP contribution in [-0.2, 0) is 0 Å². The van der Waals surface area contributed by atoms with Crippen LogP contribution < -0.4 is 11.1 Å². The van der Waals surface area contributed by atoms with Gasteiger partial charge in [-0.05, 0) is 13.0 Å². The lowest BCUT2D eigenvalue weighted by Crippen LogP contribution is -2.27. The molecule has 0 saturated heterocycles. The molecule has 3 N–H and O–H groups in total. The molecule has 0 spiro atoms. The number of pyridine rings is 1. The number of nitrogens with one attached hydrogen (secondary N) is 1. The van der Waals surface area contributed by atoms with E-state index >= 15 is 0 Å². The summed E-state index contributed by atoms with van der Waals surface area (Å²) in [5.74, 6) is -0.545. The SMILES string of the molecule is CC(NC(=O)c1cc(N)ncc1[N+](=O)[O-])c1nccs1. The summed E-state index contributed by atoms with van der Waals surface area (Å²) >= 11 is 1.39. The second-order valence-corrected chi connectivity index (χ2v) is 4.88. The fourth-order valence-electron chi connectivity index (χ4n) is 1.58. The van der Waals surface area contributed by atoms with Crippen LogP contribution in [0.5, 0.6) is 0 Å². The zero-order valence-electron chi connectivity index (χ0n) is 10.4. The summed E-state index contributed by atoms with van der Waals surface area (Å²) in [5, 5.41) is 16.0. The summed E-state index contributed by atoms with van der Waals surface area (Å²) in [7, 11) is 0. The van der Waals surface area contributed by atoms with Crippen molar-refractivity contribution in [1.29, 1.82) is 0 Å². The van der Waals surface area contributed by atoms with E-state index in [9.17, 15) is 14.9 Å². The summed E-state index contributed by atoms with van der Waals surface area (Å²) in [6.45, 7) is 1.74. The number of nitrogens with zero attached hydrogens (tertiary/aromatic N) is 3. The lowest BCUT2D eigenvalue weighted by Gasteiger charge is -2.11. The topological polar surface area (TPSA) is 124 Å². The number of nitro groups is 1. The van der Waals surface area contributed by atoms with Crippen molar-refractivity contribution >= 4 is 28.7 Å². The van der Waals surface area contributed by atoms with Crippen molar-refractivity contribution in [2.75, 3.05) is 5.73 Å². The molecular formula is C11H11N5O3S. The molecule has 2 heterocycles. The molecule has 1 amide bonds. The number of rotatable bonds is 4. The van der Waals surface area contributed by atoms with E-state index in [-0.39, 0.29) is 23.1 Å². The molecule has 1 atom stereocenters. The minimum absolute atomic E-state index is 0.0441. The highest BCUT2D eigenvalue weighted by atomic mass is 32.1. The second-order valence-electron chi connectivity index (χ2n) is 3.95. The predicted octanol–water partition coefficient (Wildman–Crippen LogP) is 1.52. The van der Waals surface area contributed by atoms with Crippen LogP contribution in [0.25, 0.3) is 0 Å². The Morgan fingerprint density at radius 1 is 1.55 bits per heavy atom. The van der Waals surface area contributed by atoms with Gasteiger partial charge in [0, 0.05) is 11.6 Å². The third-order valence-corrected chi connectivity index (χ3v) is 3.47. The van der Waals surface area contributed by atoms with E-state index in [1.54, 1.807) is 18.5 Å². The molecule has 104 valence electrons. The van der Waals surface area contributed by atoms with Crippen LogP contribution in [-0.4, -0.2) is 20.8 Å². The molecule has 20 heavy (non-hydrogen) atoms. The summed E-state index contributed by atoms with van der Waals surface area (Å²) < 4.78 is 0. The second kappa shape index (κ2) is 5.61. The maximum atomic E-state index is 12.1. The van der Waals surface area contributed by atoms with Gasteiger partial charge in [0.25, 0.3) is 11.6 Å². The lowest BCUT2D eigenvalue weighted by molar-refractivity contribution is -0.385. The van der Waals surface area contributed by atoms with Crippen molar-refractivity contribution in [3.8, 4) is 0 Å². The molecule has 0 aliphatic carbocycles. The number of hydrogen-bond donors (Lipinski definition) is 2. The van der Waals surface area contributed by atoms with Crippen LogP contribution in [0.4, 0.5) is 11.5 Å². The van der Waals surface area contributed by atoms with Gasteiger partial charge in [-0.3, -0.25) is 14.9 Å². The van der Waals surface area contributed by atoms with Gasteiger partial charge in [0.15, 0.2) is 0 Å². The molecule has 9 heteroatoms. The van der Waals surface area contributed by atoms with Crippen LogP contribution in [0.3, 0.4) is 0 Å². The fourth-order valence-corrected chi connectivity index (χ4v) is 2.22. The van der Waals surface area contributed by atoms with Gasteiger partial charge < -0.3 is 11.1 Å². The van der Waals surface area contributed by atoms with E-state index in [4.69, 9.17) is 5.73 Å². The number of hydrogen-bond acceptors (Lipinski definition) is 7. The number of nitrogens with two attached hydrogens (primary N) is 1. The van der Waals surface area contributed by atoms with Gasteiger partial charge in [-0.25, -0.2) is 9.97 Å². The van der Waals surface area contributed by atoms with Crippen molar-refractivity contribution in [3.63, 3.8) is 0 Å². The first-order chi connectivity index (χ1) is 9.49. The van der Waals surface area contributed by atoms with Gasteiger partial charge in [0.1, 0.15) is 22.6 Å². The zero-order chi connectivity index (χ0) is 14.7. The quantitative estimate of drug-likeness (QED) is 0.650. The molecular weight excluding hydrogens is 282 g/mol. The Hall–Kier alpha value is -2.55. The van der Waals surface area contributed by atoms with Gasteiger partial charge in [0.05, 0.1) is 11.0 Å². The maximum Gasteiger partial charge on any atom is 0.300 e. The third kappa shape index (κ3) is 2.88. The monoisotopic (exact) mass is 293 g/mol. The highest BCUT2D eigenvalue weighted by molar-refractivity contribution is 7.09. The number of anilines is 1. The van der Waals surface area contributed by atoms with Crippen LogP contribution in [0.15, 0.2) is 23.8 Å². The Balaban J connectivity index is 2.25. The zero-order valence-corrected chi connectivity index (χ0v) is 11.3. The Labute approximate surface area is 117 Å². The van der Waals surface area contributed by atoms with E-state index in [0.717, 1.165) is 6.20 Å². The highest BCUT2D eigenvalue weighted by Crippen LogP contribution is 2.21. The van der Waals surface area contributed by atoms with Gasteiger partial charge in [-0.1, -0.05) is 0 Å². The predicted molar refractivity (Wildman–Crippen MR) is 73.3 cm³/mol. The number of carbonyl (C=O) groups excluding carboxylic acids is 1. The molecule has 2 aromatic heterocycles. The van der Waals surface area contributed by atoms with Gasteiger partial charge in [-0.15, -0.1) is 11.3 Å². The maximum absolute atomic E-state index is 12.1. The number of carbonyl (C=O) groups is 1. The molecule has 0 bridgehead atoms. The minimum atomic E-state index is -0.671. The summed E-state index contributed by atoms with van der Waals surface area (Å²) in [6.07, 6.45) is 2.59.